The summed E-state index contributed by atoms with van der Waals surface area (Å²) < 4.78 is 10.1. The summed E-state index contributed by atoms with van der Waals surface area (Å²) in [7, 11) is -3.03. The van der Waals surface area contributed by atoms with Crippen LogP contribution in [0.1, 0.15) is 0 Å². The van der Waals surface area contributed by atoms with Gasteiger partial charge >= 0.3 is 53.0 Å². The molecule has 0 saturated heterocycles. The fraction of sp³-hybridized carbons (Fsp3) is 0. The fourth-order valence-electron chi connectivity index (χ4n) is 0. The number of hydrogen-bond donors (Lipinski definition) is 0. The number of rotatable bonds is 0. The van der Waals surface area contributed by atoms with Gasteiger partial charge in [-0.1, -0.05) is 0 Å². The fourth-order valence-corrected chi connectivity index (χ4v) is 0. The summed E-state index contributed by atoms with van der Waals surface area (Å²) in [6, 6.07) is 0. The second-order valence-electron chi connectivity index (χ2n) is 0.399. The van der Waals surface area contributed by atoms with Crippen LogP contribution in [0.5, 0.6) is 0 Å². The SMILES string of the molecule is [O]=[Ta]([Br])([Br])[Br]. The van der Waals surface area contributed by atoms with E-state index in [0.29, 0.717) is 0 Å². The van der Waals surface area contributed by atoms with Gasteiger partial charge in [-0.05, 0) is 0 Å². The van der Waals surface area contributed by atoms with E-state index < -0.39 is 10.7 Å². The van der Waals surface area contributed by atoms with Crippen LogP contribution in [0.15, 0.2) is 0 Å². The van der Waals surface area contributed by atoms with Crippen molar-refractivity contribution in [2.45, 2.75) is 0 Å². The van der Waals surface area contributed by atoms with Gasteiger partial charge < -0.3 is 0 Å². The first-order valence-electron chi connectivity index (χ1n) is 0.690. The first-order valence-corrected chi connectivity index (χ1v) is 23.1. The van der Waals surface area contributed by atoms with Crippen LogP contribution >= 0.6 is 39.1 Å². The summed E-state index contributed by atoms with van der Waals surface area (Å²) in [4.78, 5) is 0. The Balaban J connectivity index is 3.47. The molecule has 0 rings (SSSR count). The molecule has 0 amide bonds. The molecular formula is Br3OTa. The normalized spacial score (nSPS) is 11.8. The topological polar surface area (TPSA) is 17.1 Å². The van der Waals surface area contributed by atoms with Gasteiger partial charge in [-0.15, -0.1) is 0 Å². The minimum absolute atomic E-state index is 2.87. The molecule has 0 aliphatic rings. The Labute approximate surface area is 52.2 Å². The van der Waals surface area contributed by atoms with E-state index in [-0.39, 0.29) is 0 Å². The Bertz CT molecular complexity index is 53.0. The van der Waals surface area contributed by atoms with Crippen molar-refractivity contribution >= 4 is 39.1 Å². The third-order valence-electron chi connectivity index (χ3n) is 0. The van der Waals surface area contributed by atoms with E-state index in [1.54, 1.807) is 0 Å². The monoisotopic (exact) mass is 434 g/mol. The van der Waals surface area contributed by atoms with E-state index >= 15 is 0 Å². The third kappa shape index (κ3) is 24.2. The van der Waals surface area contributed by atoms with E-state index in [1.807, 2.05) is 0 Å². The van der Waals surface area contributed by atoms with E-state index in [4.69, 9.17) is 0 Å². The first kappa shape index (κ1) is 6.98. The van der Waals surface area contributed by atoms with Crippen LogP contribution in [0.4, 0.5) is 0 Å². The summed E-state index contributed by atoms with van der Waals surface area (Å²) in [5.74, 6) is 0. The van der Waals surface area contributed by atoms with Crippen molar-refractivity contribution in [2.75, 3.05) is 0 Å². The summed E-state index contributed by atoms with van der Waals surface area (Å²) in [6.07, 6.45) is 0. The van der Waals surface area contributed by atoms with Crippen LogP contribution in [-0.4, -0.2) is 0 Å². The second-order valence-corrected chi connectivity index (χ2v) is 51.2. The van der Waals surface area contributed by atoms with Gasteiger partial charge in [0.25, 0.3) is 0 Å². The van der Waals surface area contributed by atoms with Crippen molar-refractivity contribution in [1.29, 1.82) is 0 Å². The first-order chi connectivity index (χ1) is 2.00. The van der Waals surface area contributed by atoms with Gasteiger partial charge in [0.1, 0.15) is 0 Å². The molecule has 32 valence electrons. The van der Waals surface area contributed by atoms with Gasteiger partial charge in [-0.2, -0.15) is 0 Å². The predicted octanol–water partition coefficient (Wildman–Crippen LogP) is 2.42. The minimum atomic E-state index is -3.03. The molecule has 0 unspecified atom stereocenters. The quantitative estimate of drug-likeness (QED) is 0.570. The van der Waals surface area contributed by atoms with E-state index in [2.05, 4.69) is 39.1 Å². The Hall–Kier alpha value is 1.98. The average molecular weight is 437 g/mol. The van der Waals surface area contributed by atoms with Crippen molar-refractivity contribution in [3.8, 4) is 0 Å². The van der Waals surface area contributed by atoms with Crippen LogP contribution in [0.2, 0.25) is 0 Å². The van der Waals surface area contributed by atoms with Crippen molar-refractivity contribution < 1.29 is 14.0 Å². The molecule has 0 spiro atoms. The molecule has 0 aliphatic carbocycles. The van der Waals surface area contributed by atoms with E-state index in [9.17, 15) is 3.25 Å². The molecule has 0 aromatic carbocycles. The Morgan fingerprint density at radius 3 is 1.20 bits per heavy atom. The van der Waals surface area contributed by atoms with Crippen LogP contribution in [0.25, 0.3) is 0 Å². The van der Waals surface area contributed by atoms with Gasteiger partial charge in [-0.3, -0.25) is 0 Å². The predicted molar refractivity (Wildman–Crippen MR) is 27.5 cm³/mol. The third-order valence-corrected chi connectivity index (χ3v) is 0. The van der Waals surface area contributed by atoms with Crippen molar-refractivity contribution in [2.24, 2.45) is 0 Å². The van der Waals surface area contributed by atoms with Crippen LogP contribution < -0.4 is 0 Å². The molecular weight excluding hydrogens is 437 g/mol. The molecule has 5 heavy (non-hydrogen) atoms. The number of hydrogen-bond acceptors (Lipinski definition) is 1. The summed E-state index contributed by atoms with van der Waals surface area (Å²) >= 11 is 8.60. The van der Waals surface area contributed by atoms with Crippen LogP contribution in [0.3, 0.4) is 0 Å². The maximum atomic E-state index is 10.1. The zero-order chi connectivity index (χ0) is 4.50. The van der Waals surface area contributed by atoms with Crippen LogP contribution in [0, 0.1) is 0 Å². The molecule has 0 bridgehead atoms. The van der Waals surface area contributed by atoms with Gasteiger partial charge in [0, 0.05) is 0 Å². The molecule has 0 radical (unpaired) electrons. The van der Waals surface area contributed by atoms with Crippen molar-refractivity contribution in [1.82, 2.24) is 0 Å². The zero-order valence-electron chi connectivity index (χ0n) is 1.99. The Morgan fingerprint density at radius 1 is 1.20 bits per heavy atom. The molecule has 0 aliphatic heterocycles. The summed E-state index contributed by atoms with van der Waals surface area (Å²) in [6.45, 7) is 0. The van der Waals surface area contributed by atoms with E-state index in [0.717, 1.165) is 0 Å². The average Bonchev–Trinajstić information content (AvgIpc) is 0.722. The molecule has 0 N–H and O–H groups in total. The molecule has 0 saturated carbocycles. The molecule has 0 atom stereocenters. The summed E-state index contributed by atoms with van der Waals surface area (Å²) in [5, 5.41) is 0. The Kier molecular flexibility index (Phi) is 3.25. The molecule has 1 nitrogen and oxygen atoms in total. The molecule has 0 aromatic rings. The maximum absolute atomic E-state index is 10.1. The molecule has 0 fully saturated rings. The zero-order valence-corrected chi connectivity index (χ0v) is 9.96. The van der Waals surface area contributed by atoms with Gasteiger partial charge in [-0.25, -0.2) is 0 Å². The molecule has 5 heteroatoms. The van der Waals surface area contributed by atoms with Crippen LogP contribution in [-0.2, 0) is 14.0 Å². The van der Waals surface area contributed by atoms with Crippen molar-refractivity contribution in [3.05, 3.63) is 0 Å². The van der Waals surface area contributed by atoms with E-state index in [1.165, 1.54) is 0 Å². The number of halogens is 3. The van der Waals surface area contributed by atoms with Gasteiger partial charge in [0.15, 0.2) is 0 Å². The van der Waals surface area contributed by atoms with Gasteiger partial charge in [0.05, 0.1) is 0 Å². The molecule has 0 aromatic heterocycles. The second kappa shape index (κ2) is 2.33. The Morgan fingerprint density at radius 2 is 1.20 bits per heavy atom. The molecule has 0 heterocycles. The summed E-state index contributed by atoms with van der Waals surface area (Å²) in [5.41, 5.74) is 0. The van der Waals surface area contributed by atoms with Crippen molar-refractivity contribution in [3.63, 3.8) is 0 Å². The standard InChI is InChI=1S/3BrH.O.Ta/h3*1H;;/q;;;;+3/p-3. The van der Waals surface area contributed by atoms with Gasteiger partial charge in [0.2, 0.25) is 0 Å².